The van der Waals surface area contributed by atoms with Gasteiger partial charge in [-0.2, -0.15) is 0 Å². The zero-order chi connectivity index (χ0) is 19.9. The van der Waals surface area contributed by atoms with Crippen LogP contribution in [0.25, 0.3) is 33.3 Å². The third kappa shape index (κ3) is 3.43. The minimum Gasteiger partial charge on any atom is -0.436 e. The fraction of sp³-hybridized carbons (Fsp3) is 0.261. The summed E-state index contributed by atoms with van der Waals surface area (Å²) in [4.78, 5) is 4.73. The van der Waals surface area contributed by atoms with Crippen molar-refractivity contribution in [3.63, 3.8) is 0 Å². The minimum atomic E-state index is -0.923. The number of aromatic nitrogens is 1. The van der Waals surface area contributed by atoms with Gasteiger partial charge in [-0.15, -0.1) is 0 Å². The van der Waals surface area contributed by atoms with Crippen LogP contribution in [0.2, 0.25) is 0 Å². The molecule has 28 heavy (non-hydrogen) atoms. The largest absolute Gasteiger partial charge is 0.436 e. The molecule has 4 aromatic rings. The average molecular weight is 373 g/mol. The number of hydrogen-bond acceptors (Lipinski definition) is 4. The summed E-state index contributed by atoms with van der Waals surface area (Å²) in [6.45, 7) is 7.30. The van der Waals surface area contributed by atoms with Crippen LogP contribution < -0.4 is 5.46 Å². The molecule has 0 saturated carbocycles. The van der Waals surface area contributed by atoms with Gasteiger partial charge in [0, 0.05) is 10.9 Å². The highest BCUT2D eigenvalue weighted by atomic mass is 16.5. The molecule has 5 heteroatoms. The first-order valence-electron chi connectivity index (χ1n) is 9.48. The van der Waals surface area contributed by atoms with Gasteiger partial charge in [-0.3, -0.25) is 0 Å². The number of hydrogen-bond donors (Lipinski definition) is 1. The Morgan fingerprint density at radius 2 is 1.64 bits per heavy atom. The van der Waals surface area contributed by atoms with Crippen LogP contribution in [0.1, 0.15) is 27.7 Å². The van der Waals surface area contributed by atoms with Crippen LogP contribution in [0.15, 0.2) is 65.1 Å². The predicted octanol–water partition coefficient (Wildman–Crippen LogP) is 4.19. The Morgan fingerprint density at radius 3 is 2.36 bits per heavy atom. The molecular weight excluding hydrogens is 349 g/mol. The van der Waals surface area contributed by atoms with Crippen LogP contribution in [-0.4, -0.2) is 28.8 Å². The van der Waals surface area contributed by atoms with Gasteiger partial charge >= 0.3 is 7.48 Å². The number of benzene rings is 3. The molecule has 1 N–H and O–H groups in total. The summed E-state index contributed by atoms with van der Waals surface area (Å²) >= 11 is 0. The van der Waals surface area contributed by atoms with Gasteiger partial charge in [0.1, 0.15) is 5.52 Å². The highest BCUT2D eigenvalue weighted by Crippen LogP contribution is 2.29. The van der Waals surface area contributed by atoms with Crippen molar-refractivity contribution in [3.05, 3.63) is 60.7 Å². The van der Waals surface area contributed by atoms with Crippen molar-refractivity contribution in [1.82, 2.24) is 4.98 Å². The van der Waals surface area contributed by atoms with E-state index in [-0.39, 0.29) is 0 Å². The van der Waals surface area contributed by atoms with Crippen LogP contribution in [0, 0.1) is 0 Å². The van der Waals surface area contributed by atoms with Crippen molar-refractivity contribution in [3.8, 4) is 11.5 Å². The summed E-state index contributed by atoms with van der Waals surface area (Å²) in [5.41, 5.74) is 2.05. The average Bonchev–Trinajstić information content (AvgIpc) is 3.11. The summed E-state index contributed by atoms with van der Waals surface area (Å²) in [7, 11) is 0.426. The number of fused-ring (bicyclic) bond motifs is 3. The number of rotatable bonds is 5. The fourth-order valence-electron chi connectivity index (χ4n) is 2.97. The van der Waals surface area contributed by atoms with Gasteiger partial charge < -0.3 is 14.2 Å². The molecule has 0 atom stereocenters. The van der Waals surface area contributed by atoms with E-state index in [9.17, 15) is 5.11 Å². The van der Waals surface area contributed by atoms with Crippen LogP contribution in [-0.2, 0) is 4.65 Å². The molecule has 4 nitrogen and oxygen atoms in total. The Kier molecular flexibility index (Phi) is 4.52. The van der Waals surface area contributed by atoms with Crippen LogP contribution in [0.4, 0.5) is 0 Å². The summed E-state index contributed by atoms with van der Waals surface area (Å²) in [6, 6.07) is 20.2. The molecule has 0 spiro atoms. The third-order valence-corrected chi connectivity index (χ3v) is 5.56. The lowest BCUT2D eigenvalue weighted by Gasteiger charge is -2.37. The van der Waals surface area contributed by atoms with E-state index >= 15 is 0 Å². The lowest BCUT2D eigenvalue weighted by atomic mass is 9.82. The Morgan fingerprint density at radius 1 is 0.929 bits per heavy atom. The summed E-state index contributed by atoms with van der Waals surface area (Å²) in [5, 5.41) is 12.5. The van der Waals surface area contributed by atoms with E-state index in [0.29, 0.717) is 13.4 Å². The summed E-state index contributed by atoms with van der Waals surface area (Å²) < 4.78 is 11.9. The topological polar surface area (TPSA) is 55.5 Å². The lowest BCUT2D eigenvalue weighted by Crippen LogP contribution is -2.49. The first-order chi connectivity index (χ1) is 13.2. The summed E-state index contributed by atoms with van der Waals surface area (Å²) in [5.74, 6) is 0.607. The van der Waals surface area contributed by atoms with Crippen molar-refractivity contribution in [2.24, 2.45) is 0 Å². The van der Waals surface area contributed by atoms with Crippen molar-refractivity contribution in [1.29, 1.82) is 0 Å². The number of oxazole rings is 1. The Labute approximate surface area is 165 Å². The maximum Gasteiger partial charge on any atom is 0.309 e. The van der Waals surface area contributed by atoms with Gasteiger partial charge in [0.25, 0.3) is 0 Å². The monoisotopic (exact) mass is 373 g/mol. The van der Waals surface area contributed by atoms with Gasteiger partial charge in [0.15, 0.2) is 5.58 Å². The van der Waals surface area contributed by atoms with Gasteiger partial charge in [0.2, 0.25) is 5.89 Å². The van der Waals surface area contributed by atoms with E-state index in [4.69, 9.17) is 14.1 Å². The molecule has 1 aromatic heterocycles. The fourth-order valence-corrected chi connectivity index (χ4v) is 2.97. The minimum absolute atomic E-state index is 0.426. The van der Waals surface area contributed by atoms with Gasteiger partial charge in [-0.25, -0.2) is 4.98 Å². The van der Waals surface area contributed by atoms with E-state index in [1.54, 1.807) is 13.8 Å². The van der Waals surface area contributed by atoms with Crippen LogP contribution >= 0.6 is 0 Å². The molecule has 0 radical (unpaired) electrons. The van der Waals surface area contributed by atoms with Crippen LogP contribution in [0.5, 0.6) is 0 Å². The van der Waals surface area contributed by atoms with E-state index < -0.39 is 11.2 Å². The molecule has 0 bridgehead atoms. The molecule has 0 amide bonds. The summed E-state index contributed by atoms with van der Waals surface area (Å²) in [6.07, 6.45) is 0. The molecule has 0 aliphatic carbocycles. The normalized spacial score (nSPS) is 12.6. The zero-order valence-corrected chi connectivity index (χ0v) is 16.7. The molecular formula is C23H24BNO3. The number of nitrogens with zero attached hydrogens (tertiary/aromatic N) is 1. The predicted molar refractivity (Wildman–Crippen MR) is 115 cm³/mol. The SMILES string of the molecule is CC(C)(O)C(C)(C)OBc1ccc(-c2nc3c(ccc4ccccc43)o2)cc1. The molecule has 4 rings (SSSR count). The molecule has 0 unspecified atom stereocenters. The van der Waals surface area contributed by atoms with E-state index in [1.807, 2.05) is 56.3 Å². The second kappa shape index (κ2) is 6.76. The van der Waals surface area contributed by atoms with E-state index in [1.165, 1.54) is 0 Å². The third-order valence-electron chi connectivity index (χ3n) is 5.56. The van der Waals surface area contributed by atoms with Crippen molar-refractivity contribution < 1.29 is 14.2 Å². The Balaban J connectivity index is 1.58. The van der Waals surface area contributed by atoms with Gasteiger partial charge in [-0.1, -0.05) is 47.9 Å². The molecule has 0 aliphatic heterocycles. The number of aliphatic hydroxyl groups is 1. The maximum absolute atomic E-state index is 10.2. The smallest absolute Gasteiger partial charge is 0.309 e. The second-order valence-corrected chi connectivity index (χ2v) is 8.21. The van der Waals surface area contributed by atoms with E-state index in [0.717, 1.165) is 32.9 Å². The van der Waals surface area contributed by atoms with Crippen molar-refractivity contribution in [2.45, 2.75) is 38.9 Å². The molecule has 142 valence electrons. The Hall–Kier alpha value is -2.63. The van der Waals surface area contributed by atoms with E-state index in [2.05, 4.69) is 18.2 Å². The highest BCUT2D eigenvalue weighted by molar-refractivity contribution is 6.47. The zero-order valence-electron chi connectivity index (χ0n) is 16.7. The highest BCUT2D eigenvalue weighted by Gasteiger charge is 2.35. The first-order valence-corrected chi connectivity index (χ1v) is 9.48. The molecule has 0 fully saturated rings. The van der Waals surface area contributed by atoms with Crippen LogP contribution in [0.3, 0.4) is 0 Å². The maximum atomic E-state index is 10.2. The molecule has 1 heterocycles. The lowest BCUT2D eigenvalue weighted by molar-refractivity contribution is -0.0893. The quantitative estimate of drug-likeness (QED) is 0.533. The van der Waals surface area contributed by atoms with Gasteiger partial charge in [0.05, 0.1) is 11.2 Å². The second-order valence-electron chi connectivity index (χ2n) is 8.21. The standard InChI is InChI=1S/C23H24BNO3/c1-22(2,26)23(3,4)28-24-17-12-9-16(10-13-17)21-25-20-18-8-6-5-7-15(18)11-14-19(20)27-21/h5-14,24,26H,1-4H3. The first kappa shape index (κ1) is 18.7. The Bertz CT molecular complexity index is 1120. The molecule has 3 aromatic carbocycles. The molecule has 0 aliphatic rings. The molecule has 0 saturated heterocycles. The van der Waals surface area contributed by atoms with Crippen molar-refractivity contribution in [2.75, 3.05) is 0 Å². The van der Waals surface area contributed by atoms with Gasteiger partial charge in [-0.05, 0) is 51.3 Å². The van der Waals surface area contributed by atoms with Crippen molar-refractivity contribution >= 4 is 34.8 Å².